The minimum Gasteiger partial charge on any atom is -0.375 e. The maximum absolute atomic E-state index is 5.53. The van der Waals surface area contributed by atoms with Crippen LogP contribution < -0.4 is 5.32 Å². The Morgan fingerprint density at radius 1 is 1.58 bits per heavy atom. The number of ether oxygens (including phenoxy) is 1. The highest BCUT2D eigenvalue weighted by Gasteiger charge is 2.38. The first-order valence-corrected chi connectivity index (χ1v) is 4.90. The topological polar surface area (TPSA) is 24.5 Å². The van der Waals surface area contributed by atoms with Gasteiger partial charge >= 0.3 is 0 Å². The lowest BCUT2D eigenvalue weighted by molar-refractivity contribution is 0.0303. The smallest absolute Gasteiger partial charge is 0.0718 e. The van der Waals surface area contributed by atoms with Crippen LogP contribution in [0.1, 0.15) is 12.8 Å². The summed E-state index contributed by atoms with van der Waals surface area (Å²) in [7, 11) is 2.01. The van der Waals surface area contributed by atoms with Crippen molar-refractivity contribution in [1.82, 2.24) is 10.2 Å². The van der Waals surface area contributed by atoms with Crippen LogP contribution in [0.4, 0.5) is 0 Å². The van der Waals surface area contributed by atoms with Gasteiger partial charge in [0.05, 0.1) is 12.7 Å². The van der Waals surface area contributed by atoms with Crippen LogP contribution in [0, 0.1) is 0 Å². The summed E-state index contributed by atoms with van der Waals surface area (Å²) < 4.78 is 5.53. The van der Waals surface area contributed by atoms with Crippen molar-refractivity contribution in [1.29, 1.82) is 0 Å². The van der Waals surface area contributed by atoms with E-state index in [-0.39, 0.29) is 0 Å². The Labute approximate surface area is 74.1 Å². The molecule has 12 heavy (non-hydrogen) atoms. The average molecular weight is 170 g/mol. The van der Waals surface area contributed by atoms with Gasteiger partial charge in [-0.05, 0) is 33.0 Å². The molecule has 70 valence electrons. The van der Waals surface area contributed by atoms with Crippen molar-refractivity contribution < 1.29 is 4.74 Å². The average Bonchev–Trinajstić information content (AvgIpc) is 2.65. The molecule has 2 rings (SSSR count). The molecule has 2 heterocycles. The fourth-order valence-corrected chi connectivity index (χ4v) is 2.21. The molecule has 2 bridgehead atoms. The summed E-state index contributed by atoms with van der Waals surface area (Å²) in [5.41, 5.74) is 0. The number of rotatable bonds is 4. The quantitative estimate of drug-likeness (QED) is 0.604. The van der Waals surface area contributed by atoms with Gasteiger partial charge in [0.1, 0.15) is 0 Å². The van der Waals surface area contributed by atoms with E-state index in [4.69, 9.17) is 4.74 Å². The number of nitrogens with one attached hydrogen (secondary N) is 1. The minimum absolute atomic E-state index is 0.560. The van der Waals surface area contributed by atoms with Gasteiger partial charge in [0, 0.05) is 12.6 Å². The first-order valence-electron chi connectivity index (χ1n) is 4.90. The summed E-state index contributed by atoms with van der Waals surface area (Å²) in [6.45, 7) is 4.53. The molecule has 1 N–H and O–H groups in total. The van der Waals surface area contributed by atoms with E-state index >= 15 is 0 Å². The van der Waals surface area contributed by atoms with Crippen LogP contribution in [0.5, 0.6) is 0 Å². The zero-order valence-corrected chi connectivity index (χ0v) is 7.75. The van der Waals surface area contributed by atoms with Gasteiger partial charge in [-0.2, -0.15) is 0 Å². The van der Waals surface area contributed by atoms with E-state index in [9.17, 15) is 0 Å². The van der Waals surface area contributed by atoms with Crippen molar-refractivity contribution in [3.63, 3.8) is 0 Å². The molecule has 3 nitrogen and oxygen atoms in total. The molecule has 0 aliphatic carbocycles. The minimum atomic E-state index is 0.560. The number of hydrogen-bond acceptors (Lipinski definition) is 3. The number of fused-ring (bicyclic) bond motifs is 2. The van der Waals surface area contributed by atoms with Crippen LogP contribution in [-0.2, 0) is 4.74 Å². The predicted octanol–water partition coefficient (Wildman–Crippen LogP) is 0.0690. The van der Waals surface area contributed by atoms with E-state index in [2.05, 4.69) is 10.2 Å². The van der Waals surface area contributed by atoms with Crippen molar-refractivity contribution in [3.05, 3.63) is 0 Å². The summed E-state index contributed by atoms with van der Waals surface area (Å²) in [4.78, 5) is 2.57. The van der Waals surface area contributed by atoms with E-state index in [1.165, 1.54) is 25.9 Å². The van der Waals surface area contributed by atoms with Crippen LogP contribution in [0.25, 0.3) is 0 Å². The monoisotopic (exact) mass is 170 g/mol. The molecule has 2 unspecified atom stereocenters. The molecule has 0 aromatic carbocycles. The standard InChI is InChI=1S/C9H18N2O/c1-10-3-2-4-11-6-9-5-8(11)7-12-9/h8-10H,2-7H2,1H3. The molecular formula is C9H18N2O. The third kappa shape index (κ3) is 1.63. The number of likely N-dealkylation sites (tertiary alicyclic amines) is 1. The second-order valence-electron chi connectivity index (χ2n) is 3.80. The van der Waals surface area contributed by atoms with Crippen molar-refractivity contribution in [2.45, 2.75) is 25.0 Å². The summed E-state index contributed by atoms with van der Waals surface area (Å²) in [5.74, 6) is 0. The van der Waals surface area contributed by atoms with Gasteiger partial charge in [0.25, 0.3) is 0 Å². The van der Waals surface area contributed by atoms with Gasteiger partial charge in [0.2, 0.25) is 0 Å². The molecule has 2 fully saturated rings. The Kier molecular flexibility index (Phi) is 2.63. The second kappa shape index (κ2) is 3.73. The Morgan fingerprint density at radius 2 is 2.50 bits per heavy atom. The first kappa shape index (κ1) is 8.48. The molecule has 3 heteroatoms. The molecule has 0 amide bonds. The van der Waals surface area contributed by atoms with Crippen LogP contribution in [-0.4, -0.2) is 50.3 Å². The molecular weight excluding hydrogens is 152 g/mol. The van der Waals surface area contributed by atoms with Crippen LogP contribution in [0.3, 0.4) is 0 Å². The molecule has 0 aromatic heterocycles. The fraction of sp³-hybridized carbons (Fsp3) is 1.00. The lowest BCUT2D eigenvalue weighted by Crippen LogP contribution is -2.38. The Balaban J connectivity index is 1.69. The lowest BCUT2D eigenvalue weighted by atomic mass is 10.2. The number of hydrogen-bond donors (Lipinski definition) is 1. The fourth-order valence-electron chi connectivity index (χ4n) is 2.21. The third-order valence-corrected chi connectivity index (χ3v) is 2.89. The summed E-state index contributed by atoms with van der Waals surface area (Å²) in [5, 5.41) is 3.18. The summed E-state index contributed by atoms with van der Waals surface area (Å²) in [6.07, 6.45) is 3.10. The molecule has 2 saturated heterocycles. The van der Waals surface area contributed by atoms with E-state index in [0.29, 0.717) is 6.10 Å². The molecule has 2 aliphatic rings. The number of morpholine rings is 1. The Morgan fingerprint density at radius 3 is 3.08 bits per heavy atom. The zero-order chi connectivity index (χ0) is 8.39. The van der Waals surface area contributed by atoms with Gasteiger partial charge in [-0.25, -0.2) is 0 Å². The first-order chi connectivity index (χ1) is 5.90. The predicted molar refractivity (Wildman–Crippen MR) is 48.3 cm³/mol. The second-order valence-corrected chi connectivity index (χ2v) is 3.80. The Hall–Kier alpha value is -0.120. The highest BCUT2D eigenvalue weighted by molar-refractivity contribution is 4.91. The van der Waals surface area contributed by atoms with Crippen molar-refractivity contribution >= 4 is 0 Å². The van der Waals surface area contributed by atoms with E-state index in [1.54, 1.807) is 0 Å². The van der Waals surface area contributed by atoms with Crippen LogP contribution >= 0.6 is 0 Å². The number of nitrogens with zero attached hydrogens (tertiary/aromatic N) is 1. The van der Waals surface area contributed by atoms with Gasteiger partial charge in [-0.3, -0.25) is 4.90 Å². The highest BCUT2D eigenvalue weighted by atomic mass is 16.5. The zero-order valence-electron chi connectivity index (χ0n) is 7.75. The van der Waals surface area contributed by atoms with E-state index < -0.39 is 0 Å². The molecule has 2 aliphatic heterocycles. The largest absolute Gasteiger partial charge is 0.375 e. The molecule has 0 spiro atoms. The van der Waals surface area contributed by atoms with Crippen molar-refractivity contribution in [2.24, 2.45) is 0 Å². The maximum Gasteiger partial charge on any atom is 0.0718 e. The summed E-state index contributed by atoms with van der Waals surface area (Å²) in [6, 6.07) is 0.742. The molecule has 0 aromatic rings. The van der Waals surface area contributed by atoms with E-state index in [1.807, 2.05) is 7.05 Å². The molecule has 0 saturated carbocycles. The molecule has 0 radical (unpaired) electrons. The van der Waals surface area contributed by atoms with Crippen molar-refractivity contribution in [3.8, 4) is 0 Å². The molecule has 2 atom stereocenters. The maximum atomic E-state index is 5.53. The van der Waals surface area contributed by atoms with Gasteiger partial charge in [-0.1, -0.05) is 0 Å². The van der Waals surface area contributed by atoms with Gasteiger partial charge < -0.3 is 10.1 Å². The normalized spacial score (nSPS) is 34.8. The van der Waals surface area contributed by atoms with Crippen LogP contribution in [0.2, 0.25) is 0 Å². The Bertz CT molecular complexity index is 151. The van der Waals surface area contributed by atoms with Crippen molar-refractivity contribution in [2.75, 3.05) is 33.3 Å². The highest BCUT2D eigenvalue weighted by Crippen LogP contribution is 2.27. The van der Waals surface area contributed by atoms with Gasteiger partial charge in [-0.15, -0.1) is 0 Å². The van der Waals surface area contributed by atoms with E-state index in [0.717, 1.165) is 19.2 Å². The SMILES string of the molecule is CNCCCN1CC2CC1CO2. The van der Waals surface area contributed by atoms with Crippen LogP contribution in [0.15, 0.2) is 0 Å². The van der Waals surface area contributed by atoms with Gasteiger partial charge in [0.15, 0.2) is 0 Å². The summed E-state index contributed by atoms with van der Waals surface area (Å²) >= 11 is 0. The lowest BCUT2D eigenvalue weighted by Gasteiger charge is -2.26. The third-order valence-electron chi connectivity index (χ3n) is 2.89.